The van der Waals surface area contributed by atoms with Crippen molar-refractivity contribution in [2.75, 3.05) is 0 Å². The molecule has 1 aliphatic heterocycles. The van der Waals surface area contributed by atoms with Crippen molar-refractivity contribution in [3.05, 3.63) is 17.0 Å². The van der Waals surface area contributed by atoms with Crippen molar-refractivity contribution in [2.45, 2.75) is 0 Å². The molecule has 6 heteroatoms. The van der Waals surface area contributed by atoms with Crippen molar-refractivity contribution < 1.29 is 14.4 Å². The molecule has 60 valence electrons. The van der Waals surface area contributed by atoms with Gasteiger partial charge < -0.3 is 0 Å². The maximum Gasteiger partial charge on any atom is 0.157 e. The number of carbonyl (C=O) groups excluding carboxylic acids is 3. The molecule has 0 amide bonds. The minimum atomic E-state index is -0.223. The molecule has 1 heterocycles. The first-order valence-electron chi connectivity index (χ1n) is 2.86. The molecule has 0 bridgehead atoms. The minimum Gasteiger partial charge on any atom is -0.293 e. The summed E-state index contributed by atoms with van der Waals surface area (Å²) < 4.78 is 0. The Bertz CT molecular complexity index is 326. The van der Waals surface area contributed by atoms with Crippen LogP contribution in [0.25, 0.3) is 0 Å². The average molecular weight is 165 g/mol. The minimum absolute atomic E-state index is 0.179. The molecule has 1 saturated heterocycles. The fraction of sp³-hybridized carbons (Fsp3) is 0. The van der Waals surface area contributed by atoms with Gasteiger partial charge in [-0.25, -0.2) is 14.4 Å². The molecule has 0 radical (unpaired) electrons. The second-order valence-electron chi connectivity index (χ2n) is 1.81. The largest absolute Gasteiger partial charge is 0.293 e. The van der Waals surface area contributed by atoms with Gasteiger partial charge in [-0.2, -0.15) is 0 Å². The van der Waals surface area contributed by atoms with Gasteiger partial charge in [0.2, 0.25) is 0 Å². The number of rotatable bonds is 0. The normalized spacial score (nSPS) is 15.2. The number of hydrogen-bond donors (Lipinski definition) is 3. The summed E-state index contributed by atoms with van der Waals surface area (Å²) in [5.74, 6) is 4.25. The summed E-state index contributed by atoms with van der Waals surface area (Å²) in [5.41, 5.74) is 6.21. The molecule has 0 spiro atoms. The summed E-state index contributed by atoms with van der Waals surface area (Å²) in [4.78, 5) is 30.5. The third-order valence-corrected chi connectivity index (χ3v) is 1.18. The van der Waals surface area contributed by atoms with Gasteiger partial charge in [0, 0.05) is 0 Å². The van der Waals surface area contributed by atoms with E-state index < -0.39 is 0 Å². The Labute approximate surface area is 66.6 Å². The van der Waals surface area contributed by atoms with Gasteiger partial charge in [0.1, 0.15) is 11.5 Å². The maximum atomic E-state index is 10.2. The molecule has 0 aromatic rings. The zero-order valence-electron chi connectivity index (χ0n) is 5.72. The van der Waals surface area contributed by atoms with Gasteiger partial charge in [-0.3, -0.25) is 10.9 Å². The van der Waals surface area contributed by atoms with E-state index in [4.69, 9.17) is 0 Å². The van der Waals surface area contributed by atoms with E-state index in [2.05, 4.69) is 16.4 Å². The first-order chi connectivity index (χ1) is 5.83. The first-order valence-corrected chi connectivity index (χ1v) is 2.86. The molecule has 0 aromatic heterocycles. The van der Waals surface area contributed by atoms with Crippen LogP contribution in [0.15, 0.2) is 17.0 Å². The lowest BCUT2D eigenvalue weighted by atomic mass is 10.2. The van der Waals surface area contributed by atoms with Crippen LogP contribution < -0.4 is 16.4 Å². The fourth-order valence-corrected chi connectivity index (χ4v) is 0.661. The Balaban J connectivity index is 3.23. The Morgan fingerprint density at radius 1 is 0.833 bits per heavy atom. The van der Waals surface area contributed by atoms with Crippen LogP contribution in [-0.2, 0) is 14.4 Å². The summed E-state index contributed by atoms with van der Waals surface area (Å²) in [6, 6.07) is 0. The summed E-state index contributed by atoms with van der Waals surface area (Å²) in [5, 5.41) is 0. The third-order valence-electron chi connectivity index (χ3n) is 1.18. The monoisotopic (exact) mass is 165 g/mol. The van der Waals surface area contributed by atoms with Crippen molar-refractivity contribution in [1.82, 2.24) is 16.4 Å². The second kappa shape index (κ2) is 3.34. The fourth-order valence-electron chi connectivity index (χ4n) is 0.661. The van der Waals surface area contributed by atoms with E-state index in [1.165, 1.54) is 17.8 Å². The lowest BCUT2D eigenvalue weighted by Gasteiger charge is -2.17. The van der Waals surface area contributed by atoms with Crippen molar-refractivity contribution in [3.63, 3.8) is 0 Å². The Morgan fingerprint density at radius 2 is 1.33 bits per heavy atom. The van der Waals surface area contributed by atoms with Gasteiger partial charge >= 0.3 is 0 Å². The molecule has 0 saturated carbocycles. The second-order valence-corrected chi connectivity index (χ2v) is 1.81. The molecule has 0 aliphatic carbocycles. The van der Waals surface area contributed by atoms with Crippen molar-refractivity contribution in [2.24, 2.45) is 0 Å². The molecule has 1 rings (SSSR count). The lowest BCUT2D eigenvalue weighted by Crippen LogP contribution is -2.48. The van der Waals surface area contributed by atoms with Gasteiger partial charge in [0.25, 0.3) is 0 Å². The Kier molecular flexibility index (Phi) is 2.23. The average Bonchev–Trinajstić information content (AvgIpc) is 2.16. The highest BCUT2D eigenvalue weighted by molar-refractivity contribution is 5.81. The maximum absolute atomic E-state index is 10.2. The summed E-state index contributed by atoms with van der Waals surface area (Å²) >= 11 is 0. The number of hydrogen-bond acceptors (Lipinski definition) is 6. The predicted molar refractivity (Wildman–Crippen MR) is 37.0 cm³/mol. The first kappa shape index (κ1) is 8.01. The highest BCUT2D eigenvalue weighted by atomic mass is 16.1. The van der Waals surface area contributed by atoms with Crippen molar-refractivity contribution >= 4 is 17.8 Å². The summed E-state index contributed by atoms with van der Waals surface area (Å²) in [7, 11) is 0. The van der Waals surface area contributed by atoms with E-state index >= 15 is 0 Å². The van der Waals surface area contributed by atoms with E-state index in [-0.39, 0.29) is 17.0 Å². The highest BCUT2D eigenvalue weighted by Crippen LogP contribution is 2.07. The van der Waals surface area contributed by atoms with Gasteiger partial charge in [-0.05, 0) is 0 Å². The number of hydrazine groups is 2. The van der Waals surface area contributed by atoms with Gasteiger partial charge in [0.15, 0.2) is 23.3 Å². The summed E-state index contributed by atoms with van der Waals surface area (Å²) in [6.45, 7) is 0. The smallest absolute Gasteiger partial charge is 0.157 e. The molecular weight excluding hydrogens is 162 g/mol. The van der Waals surface area contributed by atoms with E-state index in [1.54, 1.807) is 0 Å². The van der Waals surface area contributed by atoms with Gasteiger partial charge in [-0.15, -0.1) is 5.53 Å². The molecule has 0 aromatic carbocycles. The molecule has 1 fully saturated rings. The molecule has 0 atom stereocenters. The van der Waals surface area contributed by atoms with E-state index in [0.29, 0.717) is 0 Å². The Morgan fingerprint density at radius 3 is 1.67 bits per heavy atom. The third kappa shape index (κ3) is 1.18. The summed E-state index contributed by atoms with van der Waals surface area (Å²) in [6.07, 6.45) is 0. The zero-order chi connectivity index (χ0) is 8.97. The van der Waals surface area contributed by atoms with E-state index in [0.717, 1.165) is 0 Å². The van der Waals surface area contributed by atoms with Gasteiger partial charge in [0.05, 0.1) is 0 Å². The van der Waals surface area contributed by atoms with E-state index in [9.17, 15) is 14.4 Å². The van der Waals surface area contributed by atoms with Crippen molar-refractivity contribution in [3.8, 4) is 0 Å². The Hall–Kier alpha value is -2.09. The van der Waals surface area contributed by atoms with Crippen molar-refractivity contribution in [1.29, 1.82) is 0 Å². The zero-order valence-corrected chi connectivity index (χ0v) is 5.72. The molecule has 3 N–H and O–H groups in total. The van der Waals surface area contributed by atoms with Crippen LogP contribution in [0, 0.1) is 0 Å². The topological polar surface area (TPSA) is 87.3 Å². The van der Waals surface area contributed by atoms with Crippen LogP contribution in [0.2, 0.25) is 0 Å². The number of nitrogens with one attached hydrogen (secondary N) is 3. The lowest BCUT2D eigenvalue weighted by molar-refractivity contribution is 0.493. The molecular formula is C6H3N3O3. The molecule has 6 nitrogen and oxygen atoms in total. The predicted octanol–water partition coefficient (Wildman–Crippen LogP) is -2.21. The van der Waals surface area contributed by atoms with Crippen LogP contribution in [0.3, 0.4) is 0 Å². The van der Waals surface area contributed by atoms with Crippen LogP contribution >= 0.6 is 0 Å². The van der Waals surface area contributed by atoms with Crippen LogP contribution in [0.4, 0.5) is 0 Å². The SMILES string of the molecule is O=C=C1NNNC(=C=O)C1=C=O. The molecule has 0 unspecified atom stereocenters. The highest BCUT2D eigenvalue weighted by Gasteiger charge is 2.18. The van der Waals surface area contributed by atoms with Gasteiger partial charge in [-0.1, -0.05) is 0 Å². The van der Waals surface area contributed by atoms with Crippen LogP contribution in [-0.4, -0.2) is 17.8 Å². The van der Waals surface area contributed by atoms with Crippen LogP contribution in [0.5, 0.6) is 0 Å². The standard InChI is InChI=1S/C6H3N3O3/c10-1-4-5(2-11)7-9-8-6(4)3-12/h7-9H. The molecule has 12 heavy (non-hydrogen) atoms. The molecule has 1 aliphatic rings. The quantitative estimate of drug-likeness (QED) is 0.353. The van der Waals surface area contributed by atoms with E-state index in [1.807, 2.05) is 0 Å². The van der Waals surface area contributed by atoms with Crippen LogP contribution in [0.1, 0.15) is 0 Å².